The number of nitrogens with zero attached hydrogens (tertiary/aromatic N) is 3. The van der Waals surface area contributed by atoms with Crippen LogP contribution in [0.2, 0.25) is 0 Å². The quantitative estimate of drug-likeness (QED) is 0.848. The van der Waals surface area contributed by atoms with Crippen LogP contribution >= 0.6 is 0 Å². The highest BCUT2D eigenvalue weighted by Crippen LogP contribution is 2.39. The van der Waals surface area contributed by atoms with Gasteiger partial charge < -0.3 is 15.7 Å². The van der Waals surface area contributed by atoms with Gasteiger partial charge >= 0.3 is 0 Å². The van der Waals surface area contributed by atoms with Crippen LogP contribution < -0.4 is 10.6 Å². The Morgan fingerprint density at radius 2 is 2.11 bits per heavy atom. The van der Waals surface area contributed by atoms with Gasteiger partial charge in [-0.05, 0) is 39.0 Å². The molecular weight excluding hydrogens is 240 g/mol. The summed E-state index contributed by atoms with van der Waals surface area (Å²) in [4.78, 5) is 11.2. The fraction of sp³-hybridized carbons (Fsp3) is 0.714. The van der Waals surface area contributed by atoms with Crippen LogP contribution in [-0.2, 0) is 0 Å². The average molecular weight is 262 g/mol. The minimum Gasteiger partial charge on any atom is -0.390 e. The van der Waals surface area contributed by atoms with Crippen molar-refractivity contribution in [1.82, 2.24) is 9.97 Å². The third-order valence-corrected chi connectivity index (χ3v) is 4.08. The maximum atomic E-state index is 10.1. The van der Waals surface area contributed by atoms with Gasteiger partial charge in [0.1, 0.15) is 17.5 Å². The molecule has 0 amide bonds. The summed E-state index contributed by atoms with van der Waals surface area (Å²) in [6.45, 7) is 3.67. The third-order valence-electron chi connectivity index (χ3n) is 4.08. The Balaban J connectivity index is 1.81. The summed E-state index contributed by atoms with van der Waals surface area (Å²) in [6, 6.07) is 1.85. The second kappa shape index (κ2) is 4.63. The van der Waals surface area contributed by atoms with Crippen LogP contribution in [0.25, 0.3) is 0 Å². The van der Waals surface area contributed by atoms with Crippen LogP contribution in [0.4, 0.5) is 11.6 Å². The molecule has 1 aromatic rings. The Morgan fingerprint density at radius 3 is 2.84 bits per heavy atom. The Bertz CT molecular complexity index is 471. The molecule has 0 bridgehead atoms. The zero-order valence-electron chi connectivity index (χ0n) is 11.5. The highest BCUT2D eigenvalue weighted by Gasteiger charge is 2.29. The van der Waals surface area contributed by atoms with E-state index in [2.05, 4.69) is 14.9 Å². The van der Waals surface area contributed by atoms with Gasteiger partial charge in [-0.3, -0.25) is 0 Å². The number of hydrogen-bond acceptors (Lipinski definition) is 5. The molecule has 104 valence electrons. The summed E-state index contributed by atoms with van der Waals surface area (Å²) in [6.07, 6.45) is 4.96. The molecule has 2 heterocycles. The molecule has 3 rings (SSSR count). The van der Waals surface area contributed by atoms with Crippen molar-refractivity contribution in [2.24, 2.45) is 0 Å². The van der Waals surface area contributed by atoms with E-state index in [1.807, 2.05) is 13.0 Å². The first-order chi connectivity index (χ1) is 9.03. The van der Waals surface area contributed by atoms with Crippen molar-refractivity contribution in [3.05, 3.63) is 11.9 Å². The topological polar surface area (TPSA) is 75.3 Å². The van der Waals surface area contributed by atoms with E-state index < -0.39 is 5.60 Å². The van der Waals surface area contributed by atoms with Gasteiger partial charge in [0.15, 0.2) is 0 Å². The monoisotopic (exact) mass is 262 g/mol. The summed E-state index contributed by atoms with van der Waals surface area (Å²) in [5.74, 6) is 2.89. The molecule has 1 unspecified atom stereocenters. The maximum absolute atomic E-state index is 10.1. The second-order valence-corrected chi connectivity index (χ2v) is 6.12. The molecule has 19 heavy (non-hydrogen) atoms. The van der Waals surface area contributed by atoms with E-state index >= 15 is 0 Å². The van der Waals surface area contributed by atoms with Crippen LogP contribution in [-0.4, -0.2) is 33.8 Å². The standard InChI is InChI=1S/C14H22N4O/c1-14(19)5-2-7-18(8-6-14)12-9-11(15)16-13(17-12)10-3-4-10/h9-10,19H,2-8H2,1H3,(H2,15,16,17). The summed E-state index contributed by atoms with van der Waals surface area (Å²) in [5, 5.41) is 10.1. The van der Waals surface area contributed by atoms with Crippen molar-refractivity contribution in [3.63, 3.8) is 0 Å². The lowest BCUT2D eigenvalue weighted by Crippen LogP contribution is -2.29. The second-order valence-electron chi connectivity index (χ2n) is 6.12. The Hall–Kier alpha value is -1.36. The van der Waals surface area contributed by atoms with E-state index in [1.54, 1.807) is 0 Å². The van der Waals surface area contributed by atoms with Crippen molar-refractivity contribution in [1.29, 1.82) is 0 Å². The van der Waals surface area contributed by atoms with Crippen LogP contribution in [0, 0.1) is 0 Å². The molecule has 0 radical (unpaired) electrons. The summed E-state index contributed by atoms with van der Waals surface area (Å²) < 4.78 is 0. The van der Waals surface area contributed by atoms with E-state index in [0.29, 0.717) is 11.7 Å². The summed E-state index contributed by atoms with van der Waals surface area (Å²) >= 11 is 0. The number of aromatic nitrogens is 2. The number of aliphatic hydroxyl groups is 1. The van der Waals surface area contributed by atoms with Crippen LogP contribution in [0.3, 0.4) is 0 Å². The molecule has 1 aromatic heterocycles. The fourth-order valence-corrected chi connectivity index (χ4v) is 2.65. The van der Waals surface area contributed by atoms with Crippen LogP contribution in [0.1, 0.15) is 50.8 Å². The molecule has 1 atom stereocenters. The summed E-state index contributed by atoms with van der Waals surface area (Å²) in [5.41, 5.74) is 5.35. The maximum Gasteiger partial charge on any atom is 0.136 e. The van der Waals surface area contributed by atoms with Gasteiger partial charge in [-0.15, -0.1) is 0 Å². The molecule has 1 saturated carbocycles. The normalized spacial score (nSPS) is 28.2. The Labute approximate surface area is 113 Å². The molecule has 3 N–H and O–H groups in total. The average Bonchev–Trinajstić information content (AvgIpc) is 3.15. The van der Waals surface area contributed by atoms with Gasteiger partial charge in [0.05, 0.1) is 5.60 Å². The molecule has 5 nitrogen and oxygen atoms in total. The molecular formula is C14H22N4O. The predicted octanol–water partition coefficient (Wildman–Crippen LogP) is 1.68. The lowest BCUT2D eigenvalue weighted by atomic mass is 9.98. The highest BCUT2D eigenvalue weighted by atomic mass is 16.3. The van der Waals surface area contributed by atoms with Gasteiger partial charge in [0, 0.05) is 25.1 Å². The van der Waals surface area contributed by atoms with Gasteiger partial charge in [-0.2, -0.15) is 0 Å². The molecule has 2 aliphatic rings. The first-order valence-corrected chi connectivity index (χ1v) is 7.15. The molecule has 2 fully saturated rings. The van der Waals surface area contributed by atoms with Gasteiger partial charge in [-0.1, -0.05) is 0 Å². The fourth-order valence-electron chi connectivity index (χ4n) is 2.65. The first kappa shape index (κ1) is 12.7. The lowest BCUT2D eigenvalue weighted by molar-refractivity contribution is 0.0481. The molecule has 5 heteroatoms. The van der Waals surface area contributed by atoms with Crippen molar-refractivity contribution < 1.29 is 5.11 Å². The number of nitrogen functional groups attached to an aromatic ring is 1. The van der Waals surface area contributed by atoms with Crippen LogP contribution in [0.5, 0.6) is 0 Å². The van der Waals surface area contributed by atoms with Crippen molar-refractivity contribution in [3.8, 4) is 0 Å². The zero-order valence-corrected chi connectivity index (χ0v) is 11.5. The lowest BCUT2D eigenvalue weighted by Gasteiger charge is -2.23. The third kappa shape index (κ3) is 2.97. The Kier molecular flexibility index (Phi) is 3.09. The first-order valence-electron chi connectivity index (χ1n) is 7.15. The van der Waals surface area contributed by atoms with Crippen LogP contribution in [0.15, 0.2) is 6.07 Å². The van der Waals surface area contributed by atoms with E-state index in [9.17, 15) is 5.11 Å². The smallest absolute Gasteiger partial charge is 0.136 e. The van der Waals surface area contributed by atoms with E-state index in [4.69, 9.17) is 5.73 Å². The minimum atomic E-state index is -0.549. The van der Waals surface area contributed by atoms with E-state index in [1.165, 1.54) is 12.8 Å². The van der Waals surface area contributed by atoms with Gasteiger partial charge in [0.2, 0.25) is 0 Å². The summed E-state index contributed by atoms with van der Waals surface area (Å²) in [7, 11) is 0. The predicted molar refractivity (Wildman–Crippen MR) is 75.1 cm³/mol. The van der Waals surface area contributed by atoms with E-state index in [0.717, 1.165) is 44.0 Å². The van der Waals surface area contributed by atoms with Crippen molar-refractivity contribution in [2.45, 2.75) is 50.5 Å². The SMILES string of the molecule is CC1(O)CCCN(c2cc(N)nc(C3CC3)n2)CC1. The molecule has 0 aromatic carbocycles. The molecule has 1 aliphatic heterocycles. The van der Waals surface area contributed by atoms with Crippen molar-refractivity contribution >= 4 is 11.6 Å². The number of hydrogen-bond donors (Lipinski definition) is 2. The molecule has 1 saturated heterocycles. The number of anilines is 2. The molecule has 1 aliphatic carbocycles. The zero-order chi connectivity index (χ0) is 13.5. The van der Waals surface area contributed by atoms with Gasteiger partial charge in [-0.25, -0.2) is 9.97 Å². The Morgan fingerprint density at radius 1 is 1.32 bits per heavy atom. The minimum absolute atomic E-state index is 0.511. The number of rotatable bonds is 2. The largest absolute Gasteiger partial charge is 0.390 e. The highest BCUT2D eigenvalue weighted by molar-refractivity contribution is 5.47. The van der Waals surface area contributed by atoms with E-state index in [-0.39, 0.29) is 0 Å². The van der Waals surface area contributed by atoms with Gasteiger partial charge in [0.25, 0.3) is 0 Å². The van der Waals surface area contributed by atoms with Crippen molar-refractivity contribution in [2.75, 3.05) is 23.7 Å². The molecule has 0 spiro atoms. The number of nitrogens with two attached hydrogens (primary N) is 1.